The number of halogens is 3. The lowest BCUT2D eigenvalue weighted by Gasteiger charge is -2.29. The summed E-state index contributed by atoms with van der Waals surface area (Å²) in [6.07, 6.45) is 7.49. The van der Waals surface area contributed by atoms with Crippen molar-refractivity contribution < 1.29 is 13.6 Å². The van der Waals surface area contributed by atoms with Gasteiger partial charge in [-0.15, -0.1) is 0 Å². The highest BCUT2D eigenvalue weighted by Crippen LogP contribution is 2.29. The third-order valence-corrected chi connectivity index (χ3v) is 5.71. The molecular weight excluding hydrogens is 400 g/mol. The topological polar surface area (TPSA) is 74.7 Å². The number of hydrogen-bond acceptors (Lipinski definition) is 3. The molecule has 0 atom stereocenters. The molecule has 2 heterocycles. The minimum absolute atomic E-state index is 0.0180. The van der Waals surface area contributed by atoms with E-state index in [1.54, 1.807) is 24.9 Å². The van der Waals surface area contributed by atoms with Crippen molar-refractivity contribution in [1.82, 2.24) is 25.2 Å². The number of carbonyl (C=O) groups excluding carboxylic acids is 1. The average Bonchev–Trinajstić information content (AvgIpc) is 3.37. The number of alkyl halides is 2. The molecule has 1 aliphatic carbocycles. The first-order valence-electron chi connectivity index (χ1n) is 9.62. The number of nitrogens with zero attached hydrogens (tertiary/aromatic N) is 2. The van der Waals surface area contributed by atoms with Gasteiger partial charge in [-0.05, 0) is 37.8 Å². The minimum atomic E-state index is -2.34. The first-order valence-corrected chi connectivity index (χ1v) is 10.0. The molecule has 1 fully saturated rings. The number of imidazole rings is 1. The molecule has 1 amide bonds. The van der Waals surface area contributed by atoms with E-state index in [1.165, 1.54) is 0 Å². The van der Waals surface area contributed by atoms with Crippen LogP contribution in [0.4, 0.5) is 8.78 Å². The fourth-order valence-corrected chi connectivity index (χ4v) is 4.09. The fourth-order valence-electron chi connectivity index (χ4n) is 3.88. The first-order chi connectivity index (χ1) is 14.0. The maximum atomic E-state index is 13.0. The number of nitrogens with one attached hydrogen (secondary N) is 3. The summed E-state index contributed by atoms with van der Waals surface area (Å²) >= 11 is 6.29. The van der Waals surface area contributed by atoms with Crippen molar-refractivity contribution in [2.45, 2.75) is 44.2 Å². The molecule has 6 nitrogen and oxygen atoms in total. The van der Waals surface area contributed by atoms with E-state index in [1.807, 2.05) is 16.7 Å². The van der Waals surface area contributed by atoms with Crippen molar-refractivity contribution in [3.8, 4) is 5.69 Å². The van der Waals surface area contributed by atoms with Gasteiger partial charge in [0.25, 0.3) is 12.3 Å². The Morgan fingerprint density at radius 3 is 2.72 bits per heavy atom. The van der Waals surface area contributed by atoms with Crippen LogP contribution in [0.1, 0.15) is 36.0 Å². The molecule has 0 radical (unpaired) electrons. The predicted molar refractivity (Wildman–Crippen MR) is 108 cm³/mol. The summed E-state index contributed by atoms with van der Waals surface area (Å²) in [6, 6.07) is 3.81. The quantitative estimate of drug-likeness (QED) is 0.565. The van der Waals surface area contributed by atoms with Gasteiger partial charge in [0.2, 0.25) is 0 Å². The number of aromatic nitrogens is 3. The Bertz CT molecular complexity index is 980. The van der Waals surface area contributed by atoms with E-state index in [4.69, 9.17) is 11.6 Å². The average molecular weight is 422 g/mol. The smallest absolute Gasteiger partial charge is 0.253 e. The van der Waals surface area contributed by atoms with Crippen LogP contribution >= 0.6 is 11.6 Å². The van der Waals surface area contributed by atoms with Gasteiger partial charge in [0, 0.05) is 41.7 Å². The minimum Gasteiger partial charge on any atom is -0.359 e. The van der Waals surface area contributed by atoms with Gasteiger partial charge in [-0.1, -0.05) is 11.6 Å². The van der Waals surface area contributed by atoms with Crippen LogP contribution in [-0.2, 0) is 0 Å². The number of amides is 1. The zero-order valence-electron chi connectivity index (χ0n) is 15.7. The normalized spacial score (nSPS) is 19.7. The van der Waals surface area contributed by atoms with Crippen molar-refractivity contribution in [2.24, 2.45) is 0 Å². The molecule has 0 saturated heterocycles. The number of carbonyl (C=O) groups is 1. The van der Waals surface area contributed by atoms with Crippen LogP contribution in [0.2, 0.25) is 5.02 Å². The molecule has 1 aliphatic rings. The lowest BCUT2D eigenvalue weighted by molar-refractivity contribution is 0.0923. The van der Waals surface area contributed by atoms with Crippen LogP contribution in [0.5, 0.6) is 0 Å². The van der Waals surface area contributed by atoms with Crippen LogP contribution < -0.4 is 10.6 Å². The molecule has 2 aromatic heterocycles. The van der Waals surface area contributed by atoms with E-state index in [-0.39, 0.29) is 24.5 Å². The van der Waals surface area contributed by atoms with Crippen LogP contribution in [0, 0.1) is 0 Å². The standard InChI is InChI=1S/C20H22ClF2N5O/c21-17-9-26-19-15(17)7-14(28-6-5-24-11-28)8-16(19)20(29)27-13-3-1-12(2-4-13)25-10-18(22)23/h5-9,11-13,18,25-26H,1-4,10H2,(H,27,29)/t12-,13-. The third-order valence-electron chi connectivity index (χ3n) is 5.39. The van der Waals surface area contributed by atoms with Gasteiger partial charge in [0.05, 0.1) is 29.0 Å². The molecule has 1 saturated carbocycles. The van der Waals surface area contributed by atoms with Crippen molar-refractivity contribution in [3.05, 3.63) is 47.6 Å². The number of rotatable bonds is 6. The summed E-state index contributed by atoms with van der Waals surface area (Å²) in [5, 5.41) is 7.29. The third kappa shape index (κ3) is 4.43. The molecule has 0 spiro atoms. The molecule has 154 valence electrons. The molecule has 0 bridgehead atoms. The Hall–Kier alpha value is -2.45. The van der Waals surface area contributed by atoms with Crippen molar-refractivity contribution >= 4 is 28.4 Å². The first kappa shape index (κ1) is 19.8. The van der Waals surface area contributed by atoms with Gasteiger partial charge in [-0.3, -0.25) is 4.79 Å². The second-order valence-electron chi connectivity index (χ2n) is 7.34. The molecule has 0 aliphatic heterocycles. The van der Waals surface area contributed by atoms with Crippen molar-refractivity contribution in [1.29, 1.82) is 0 Å². The Morgan fingerprint density at radius 2 is 2.03 bits per heavy atom. The largest absolute Gasteiger partial charge is 0.359 e. The maximum absolute atomic E-state index is 13.0. The van der Waals surface area contributed by atoms with E-state index in [0.717, 1.165) is 36.8 Å². The van der Waals surface area contributed by atoms with E-state index >= 15 is 0 Å². The second kappa shape index (κ2) is 8.51. The summed E-state index contributed by atoms with van der Waals surface area (Å²) in [5.74, 6) is -0.181. The lowest BCUT2D eigenvalue weighted by Crippen LogP contribution is -2.43. The van der Waals surface area contributed by atoms with Crippen LogP contribution in [0.3, 0.4) is 0 Å². The monoisotopic (exact) mass is 421 g/mol. The second-order valence-corrected chi connectivity index (χ2v) is 7.75. The molecule has 4 rings (SSSR count). The molecule has 1 aromatic carbocycles. The van der Waals surface area contributed by atoms with Gasteiger partial charge in [-0.2, -0.15) is 0 Å². The van der Waals surface area contributed by atoms with E-state index in [9.17, 15) is 13.6 Å². The van der Waals surface area contributed by atoms with Gasteiger partial charge in [0.15, 0.2) is 0 Å². The molecular formula is C20H22ClF2N5O. The van der Waals surface area contributed by atoms with Gasteiger partial charge >= 0.3 is 0 Å². The number of H-pyrrole nitrogens is 1. The van der Waals surface area contributed by atoms with Crippen LogP contribution in [0.15, 0.2) is 37.1 Å². The number of benzene rings is 1. The van der Waals surface area contributed by atoms with Crippen LogP contribution in [-0.4, -0.2) is 45.5 Å². The van der Waals surface area contributed by atoms with Gasteiger partial charge in [0.1, 0.15) is 0 Å². The molecule has 3 N–H and O–H groups in total. The van der Waals surface area contributed by atoms with E-state index in [0.29, 0.717) is 16.1 Å². The predicted octanol–water partition coefficient (Wildman–Crippen LogP) is 3.90. The Morgan fingerprint density at radius 1 is 1.28 bits per heavy atom. The zero-order chi connectivity index (χ0) is 20.4. The Labute approximate surface area is 171 Å². The molecule has 0 unspecified atom stereocenters. The summed E-state index contributed by atoms with van der Waals surface area (Å²) in [6.45, 7) is -0.283. The SMILES string of the molecule is O=C(N[C@H]1CC[C@H](NCC(F)F)CC1)c1cc(-n2ccnc2)cc2c(Cl)c[nH]c12. The highest BCUT2D eigenvalue weighted by Gasteiger charge is 2.24. The summed E-state index contributed by atoms with van der Waals surface area (Å²) in [5.41, 5.74) is 1.99. The number of fused-ring (bicyclic) bond motifs is 1. The molecule has 3 aromatic rings. The highest BCUT2D eigenvalue weighted by atomic mass is 35.5. The maximum Gasteiger partial charge on any atom is 0.253 e. The highest BCUT2D eigenvalue weighted by molar-refractivity contribution is 6.36. The summed E-state index contributed by atoms with van der Waals surface area (Å²) in [4.78, 5) is 20.2. The van der Waals surface area contributed by atoms with E-state index in [2.05, 4.69) is 20.6 Å². The molecule has 29 heavy (non-hydrogen) atoms. The lowest BCUT2D eigenvalue weighted by atomic mass is 9.91. The van der Waals surface area contributed by atoms with Gasteiger partial charge < -0.3 is 20.2 Å². The van der Waals surface area contributed by atoms with E-state index < -0.39 is 6.43 Å². The Kier molecular flexibility index (Phi) is 5.82. The van der Waals surface area contributed by atoms with Gasteiger partial charge in [-0.25, -0.2) is 13.8 Å². The summed E-state index contributed by atoms with van der Waals surface area (Å²) < 4.78 is 26.5. The van der Waals surface area contributed by atoms with Crippen molar-refractivity contribution in [3.63, 3.8) is 0 Å². The van der Waals surface area contributed by atoms with Crippen molar-refractivity contribution in [2.75, 3.05) is 6.54 Å². The fraction of sp³-hybridized carbons (Fsp3) is 0.400. The zero-order valence-corrected chi connectivity index (χ0v) is 16.4. The summed E-state index contributed by atoms with van der Waals surface area (Å²) in [7, 11) is 0. The number of hydrogen-bond donors (Lipinski definition) is 3. The van der Waals surface area contributed by atoms with Crippen LogP contribution in [0.25, 0.3) is 16.6 Å². The Balaban J connectivity index is 1.49. The molecule has 9 heteroatoms. The number of aromatic amines is 1.